The lowest BCUT2D eigenvalue weighted by molar-refractivity contribution is -0.148. The summed E-state index contributed by atoms with van der Waals surface area (Å²) in [6.07, 6.45) is 12.1. The lowest BCUT2D eigenvalue weighted by Crippen LogP contribution is -2.48. The van der Waals surface area contributed by atoms with Crippen LogP contribution in [0.4, 0.5) is 4.39 Å². The second kappa shape index (κ2) is 8.64. The maximum absolute atomic E-state index is 15.4. The summed E-state index contributed by atoms with van der Waals surface area (Å²) in [5, 5.41) is 0. The van der Waals surface area contributed by atoms with E-state index in [9.17, 15) is 9.59 Å². The molecule has 0 unspecified atom stereocenters. The first-order valence-corrected chi connectivity index (χ1v) is 13.6. The molecule has 4 bridgehead atoms. The monoisotopic (exact) mass is 468 g/mol. The van der Waals surface area contributed by atoms with Crippen LogP contribution in [0.5, 0.6) is 5.75 Å². The van der Waals surface area contributed by atoms with Crippen molar-refractivity contribution in [2.45, 2.75) is 83.5 Å². The Kier molecular flexibility index (Phi) is 5.73. The van der Waals surface area contributed by atoms with Gasteiger partial charge in [0.15, 0.2) is 5.78 Å². The summed E-state index contributed by atoms with van der Waals surface area (Å²) >= 11 is 0. The second-order valence-corrected chi connectivity index (χ2v) is 12.1. The Bertz CT molecular complexity index is 945. The number of halogens is 1. The highest BCUT2D eigenvalue weighted by Gasteiger charge is 2.51. The third-order valence-corrected chi connectivity index (χ3v) is 9.52. The first-order chi connectivity index (χ1) is 16.4. The van der Waals surface area contributed by atoms with Crippen molar-refractivity contribution in [3.8, 4) is 5.75 Å². The lowest BCUT2D eigenvalue weighted by Gasteiger charge is -2.56. The number of Topliss-reactive ketones (excluding diaryl/α,β-unsaturated/α-hetero) is 1. The molecule has 0 N–H and O–H groups in total. The largest absolute Gasteiger partial charge is 0.493 e. The molecule has 0 heterocycles. The van der Waals surface area contributed by atoms with Crippen LogP contribution in [0.25, 0.3) is 0 Å². The number of carbonyl (C=O) groups is 2. The number of benzene rings is 1. The van der Waals surface area contributed by atoms with Gasteiger partial charge in [0.2, 0.25) is 0 Å². The number of ketones is 1. The third kappa shape index (κ3) is 4.07. The van der Waals surface area contributed by atoms with Gasteiger partial charge in [-0.25, -0.2) is 4.39 Å². The van der Waals surface area contributed by atoms with Gasteiger partial charge >= 0.3 is 5.97 Å². The van der Waals surface area contributed by atoms with Crippen LogP contribution in [-0.2, 0) is 9.53 Å². The van der Waals surface area contributed by atoms with E-state index in [4.69, 9.17) is 9.47 Å². The molecule has 0 spiro atoms. The molecule has 34 heavy (non-hydrogen) atoms. The molecule has 6 aliphatic carbocycles. The van der Waals surface area contributed by atoms with E-state index >= 15 is 4.39 Å². The summed E-state index contributed by atoms with van der Waals surface area (Å²) in [5.74, 6) is 1.53. The molecule has 0 aromatic heterocycles. The molecule has 0 saturated heterocycles. The van der Waals surface area contributed by atoms with Gasteiger partial charge in [-0.05, 0) is 106 Å². The number of hydrogen-bond acceptors (Lipinski definition) is 4. The van der Waals surface area contributed by atoms with Crippen molar-refractivity contribution >= 4 is 11.8 Å². The van der Waals surface area contributed by atoms with Gasteiger partial charge in [0, 0.05) is 17.4 Å². The Morgan fingerprint density at radius 2 is 1.62 bits per heavy atom. The van der Waals surface area contributed by atoms with Gasteiger partial charge in [-0.2, -0.15) is 0 Å². The summed E-state index contributed by atoms with van der Waals surface area (Å²) in [6.45, 7) is 2.75. The molecule has 6 saturated carbocycles. The van der Waals surface area contributed by atoms with Gasteiger partial charge in [0.05, 0.1) is 24.7 Å². The van der Waals surface area contributed by atoms with Crippen LogP contribution in [-0.4, -0.2) is 25.0 Å². The normalized spacial score (nSPS) is 36.0. The fourth-order valence-corrected chi connectivity index (χ4v) is 8.30. The van der Waals surface area contributed by atoms with Crippen LogP contribution >= 0.6 is 0 Å². The van der Waals surface area contributed by atoms with Crippen molar-refractivity contribution < 1.29 is 23.5 Å². The van der Waals surface area contributed by atoms with Gasteiger partial charge in [-0.1, -0.05) is 6.42 Å². The molecule has 6 aliphatic rings. The van der Waals surface area contributed by atoms with E-state index in [1.807, 2.05) is 0 Å². The Balaban J connectivity index is 1.22. The molecule has 0 radical (unpaired) electrons. The minimum atomic E-state index is -0.510. The van der Waals surface area contributed by atoms with Crippen molar-refractivity contribution in [3.05, 3.63) is 29.1 Å². The second-order valence-electron chi connectivity index (χ2n) is 12.1. The fraction of sp³-hybridized carbons (Fsp3) is 0.724. The summed E-state index contributed by atoms with van der Waals surface area (Å²) in [7, 11) is 0. The van der Waals surface area contributed by atoms with Gasteiger partial charge in [-0.3, -0.25) is 9.59 Å². The molecule has 5 heteroatoms. The zero-order valence-corrected chi connectivity index (χ0v) is 20.3. The van der Waals surface area contributed by atoms with Crippen molar-refractivity contribution in [3.63, 3.8) is 0 Å². The molecule has 2 atom stereocenters. The quantitative estimate of drug-likeness (QED) is 0.324. The number of carbonyl (C=O) groups excluding carboxylic acids is 2. The zero-order chi connectivity index (χ0) is 23.4. The van der Waals surface area contributed by atoms with Gasteiger partial charge in [0.25, 0.3) is 0 Å². The van der Waals surface area contributed by atoms with E-state index in [2.05, 4.69) is 0 Å². The molecule has 6 fully saturated rings. The summed E-state index contributed by atoms with van der Waals surface area (Å²) in [4.78, 5) is 25.8. The maximum Gasteiger partial charge on any atom is 0.309 e. The topological polar surface area (TPSA) is 52.6 Å². The van der Waals surface area contributed by atoms with Crippen LogP contribution < -0.4 is 4.74 Å². The minimum absolute atomic E-state index is 0.130. The van der Waals surface area contributed by atoms with Crippen molar-refractivity contribution in [2.24, 2.45) is 35.0 Å². The average molecular weight is 469 g/mol. The highest BCUT2D eigenvalue weighted by Crippen LogP contribution is 2.60. The van der Waals surface area contributed by atoms with E-state index in [1.165, 1.54) is 44.6 Å². The predicted octanol–water partition coefficient (Wildman–Crippen LogP) is 6.46. The molecule has 1 aromatic carbocycles. The standard InChI is InChI=1S/C29H37FO4/c1-2-33-28(32)22-5-3-4-21(22)27(31)24-11-23(20-6-7-20)26(12-25(24)30)34-16-29-13-17-8-18(14-29)10-19(9-17)15-29/h11-12,17-22H,2-10,13-16H2,1H3/t17?,18?,19?,21-,22-,29?/m1/s1. The average Bonchev–Trinajstić information content (AvgIpc) is 3.52. The van der Waals surface area contributed by atoms with E-state index < -0.39 is 17.7 Å². The minimum Gasteiger partial charge on any atom is -0.493 e. The Morgan fingerprint density at radius 3 is 2.24 bits per heavy atom. The molecule has 184 valence electrons. The first-order valence-electron chi connectivity index (χ1n) is 13.6. The number of rotatable bonds is 8. The van der Waals surface area contributed by atoms with Crippen LogP contribution in [0.3, 0.4) is 0 Å². The van der Waals surface area contributed by atoms with Gasteiger partial charge < -0.3 is 9.47 Å². The molecule has 7 rings (SSSR count). The molecule has 0 amide bonds. The molecule has 0 aliphatic heterocycles. The smallest absolute Gasteiger partial charge is 0.309 e. The molecule has 1 aromatic rings. The third-order valence-electron chi connectivity index (χ3n) is 9.52. The zero-order valence-electron chi connectivity index (χ0n) is 20.3. The van der Waals surface area contributed by atoms with Gasteiger partial charge in [-0.15, -0.1) is 0 Å². The molecular weight excluding hydrogens is 431 g/mol. The van der Waals surface area contributed by atoms with Crippen molar-refractivity contribution in [2.75, 3.05) is 13.2 Å². The van der Waals surface area contributed by atoms with E-state index in [0.29, 0.717) is 37.7 Å². The Hall–Kier alpha value is -1.91. The lowest BCUT2D eigenvalue weighted by atomic mass is 9.50. The van der Waals surface area contributed by atoms with Gasteiger partial charge in [0.1, 0.15) is 11.6 Å². The number of hydrogen-bond donors (Lipinski definition) is 0. The van der Waals surface area contributed by atoms with Crippen molar-refractivity contribution in [1.29, 1.82) is 0 Å². The first kappa shape index (κ1) is 22.5. The number of esters is 1. The van der Waals surface area contributed by atoms with Crippen LogP contribution in [0.1, 0.15) is 99.4 Å². The van der Waals surface area contributed by atoms with Crippen LogP contribution in [0.2, 0.25) is 0 Å². The van der Waals surface area contributed by atoms with Crippen LogP contribution in [0.15, 0.2) is 12.1 Å². The summed E-state index contributed by atoms with van der Waals surface area (Å²) in [6, 6.07) is 3.22. The van der Waals surface area contributed by atoms with Crippen LogP contribution in [0, 0.1) is 40.8 Å². The highest BCUT2D eigenvalue weighted by molar-refractivity contribution is 6.01. The molecule has 4 nitrogen and oxygen atoms in total. The van der Waals surface area contributed by atoms with E-state index in [0.717, 1.165) is 42.6 Å². The summed E-state index contributed by atoms with van der Waals surface area (Å²) < 4.78 is 27.0. The van der Waals surface area contributed by atoms with Crippen molar-refractivity contribution in [1.82, 2.24) is 0 Å². The Morgan fingerprint density at radius 1 is 0.971 bits per heavy atom. The highest BCUT2D eigenvalue weighted by atomic mass is 19.1. The fourth-order valence-electron chi connectivity index (χ4n) is 8.30. The SMILES string of the molecule is CCOC(=O)[C@@H]1CCC[C@H]1C(=O)c1cc(C2CC2)c(OCC23CC4CC(CC(C4)C2)C3)cc1F. The molecular formula is C29H37FO4. The Labute approximate surface area is 202 Å². The predicted molar refractivity (Wildman–Crippen MR) is 126 cm³/mol. The maximum atomic E-state index is 15.4. The van der Waals surface area contributed by atoms with E-state index in [-0.39, 0.29) is 22.7 Å². The number of ether oxygens (including phenoxy) is 2. The van der Waals surface area contributed by atoms with E-state index in [1.54, 1.807) is 13.0 Å². The summed E-state index contributed by atoms with van der Waals surface area (Å²) in [5.41, 5.74) is 1.38.